The highest BCUT2D eigenvalue weighted by atomic mass is 16.5. The minimum Gasteiger partial charge on any atom is -0.484 e. The Bertz CT molecular complexity index is 593. The van der Waals surface area contributed by atoms with Crippen LogP contribution in [-0.2, 0) is 9.53 Å². The van der Waals surface area contributed by atoms with Crippen LogP contribution in [0.15, 0.2) is 34.7 Å². The molecule has 1 unspecified atom stereocenters. The Hall–Kier alpha value is -2.41. The first-order chi connectivity index (χ1) is 10.3. The minimum absolute atomic E-state index is 0.0576. The molecule has 1 aliphatic heterocycles. The van der Waals surface area contributed by atoms with Crippen molar-refractivity contribution in [1.29, 1.82) is 0 Å². The van der Waals surface area contributed by atoms with E-state index in [9.17, 15) is 4.79 Å². The summed E-state index contributed by atoms with van der Waals surface area (Å²) in [7, 11) is 0. The van der Waals surface area contributed by atoms with Crippen LogP contribution in [0.3, 0.4) is 0 Å². The molecule has 0 saturated carbocycles. The maximum absolute atomic E-state index is 11.7. The Labute approximate surface area is 121 Å². The molecule has 7 heteroatoms. The lowest BCUT2D eigenvalue weighted by Gasteiger charge is -2.04. The second kappa shape index (κ2) is 6.36. The van der Waals surface area contributed by atoms with Crippen molar-refractivity contribution in [1.82, 2.24) is 10.2 Å². The third-order valence-electron chi connectivity index (χ3n) is 3.01. The quantitative estimate of drug-likeness (QED) is 0.905. The Kier molecular flexibility index (Phi) is 4.11. The number of rotatable bonds is 5. The summed E-state index contributed by atoms with van der Waals surface area (Å²) >= 11 is 0. The third-order valence-corrected chi connectivity index (χ3v) is 3.01. The van der Waals surface area contributed by atoms with Gasteiger partial charge in [0.05, 0.1) is 0 Å². The SMILES string of the molecule is O=C(COc1ccccc1)Nc1nnc(C2CCCO2)o1. The van der Waals surface area contributed by atoms with Crippen LogP contribution in [0.4, 0.5) is 6.01 Å². The van der Waals surface area contributed by atoms with E-state index in [0.717, 1.165) is 12.8 Å². The number of hydrogen-bond donors (Lipinski definition) is 1. The summed E-state index contributed by atoms with van der Waals surface area (Å²) < 4.78 is 16.1. The fraction of sp³-hybridized carbons (Fsp3) is 0.357. The van der Waals surface area contributed by atoms with Gasteiger partial charge in [-0.15, -0.1) is 5.10 Å². The van der Waals surface area contributed by atoms with E-state index >= 15 is 0 Å². The second-order valence-electron chi connectivity index (χ2n) is 4.60. The molecular formula is C14H15N3O4. The number of anilines is 1. The van der Waals surface area contributed by atoms with Gasteiger partial charge in [0.1, 0.15) is 11.9 Å². The van der Waals surface area contributed by atoms with Crippen molar-refractivity contribution in [3.05, 3.63) is 36.2 Å². The van der Waals surface area contributed by atoms with Crippen LogP contribution in [0.1, 0.15) is 24.8 Å². The van der Waals surface area contributed by atoms with E-state index in [1.54, 1.807) is 12.1 Å². The van der Waals surface area contributed by atoms with Gasteiger partial charge < -0.3 is 13.9 Å². The summed E-state index contributed by atoms with van der Waals surface area (Å²) in [6.07, 6.45) is 1.66. The standard InChI is InChI=1S/C14H15N3O4/c18-12(9-20-10-5-2-1-3-6-10)15-14-17-16-13(21-14)11-7-4-8-19-11/h1-3,5-6,11H,4,7-9H2,(H,15,17,18). The van der Waals surface area contributed by atoms with Gasteiger partial charge in [-0.05, 0) is 25.0 Å². The average molecular weight is 289 g/mol. The van der Waals surface area contributed by atoms with Gasteiger partial charge in [0, 0.05) is 6.61 Å². The van der Waals surface area contributed by atoms with Crippen LogP contribution in [0.5, 0.6) is 5.75 Å². The maximum atomic E-state index is 11.7. The van der Waals surface area contributed by atoms with E-state index in [0.29, 0.717) is 18.2 Å². The van der Waals surface area contributed by atoms with E-state index in [1.165, 1.54) is 0 Å². The van der Waals surface area contributed by atoms with Crippen LogP contribution in [0, 0.1) is 0 Å². The van der Waals surface area contributed by atoms with Crippen molar-refractivity contribution in [2.45, 2.75) is 18.9 Å². The lowest BCUT2D eigenvalue weighted by Crippen LogP contribution is -2.20. The number of hydrogen-bond acceptors (Lipinski definition) is 6. The number of ether oxygens (including phenoxy) is 2. The van der Waals surface area contributed by atoms with Crippen LogP contribution in [-0.4, -0.2) is 29.3 Å². The summed E-state index contributed by atoms with van der Waals surface area (Å²) in [6.45, 7) is 0.571. The van der Waals surface area contributed by atoms with E-state index in [1.807, 2.05) is 18.2 Å². The molecule has 1 N–H and O–H groups in total. The topological polar surface area (TPSA) is 86.5 Å². The fourth-order valence-electron chi connectivity index (χ4n) is 2.01. The smallest absolute Gasteiger partial charge is 0.322 e. The van der Waals surface area contributed by atoms with Crippen molar-refractivity contribution in [2.75, 3.05) is 18.5 Å². The molecule has 1 fully saturated rings. The maximum Gasteiger partial charge on any atom is 0.322 e. The molecule has 21 heavy (non-hydrogen) atoms. The molecule has 7 nitrogen and oxygen atoms in total. The Morgan fingerprint density at radius 2 is 2.19 bits per heavy atom. The number of nitrogens with one attached hydrogen (secondary N) is 1. The summed E-state index contributed by atoms with van der Waals surface area (Å²) in [4.78, 5) is 11.7. The normalized spacial score (nSPS) is 17.6. The lowest BCUT2D eigenvalue weighted by atomic mass is 10.2. The van der Waals surface area contributed by atoms with Crippen LogP contribution >= 0.6 is 0 Å². The van der Waals surface area contributed by atoms with Crippen LogP contribution in [0.2, 0.25) is 0 Å². The number of benzene rings is 1. The minimum atomic E-state index is -0.360. The first kappa shape index (κ1) is 13.6. The summed E-state index contributed by atoms with van der Waals surface area (Å²) in [5.41, 5.74) is 0. The van der Waals surface area contributed by atoms with E-state index in [-0.39, 0.29) is 24.6 Å². The molecule has 0 aliphatic carbocycles. The van der Waals surface area contributed by atoms with E-state index < -0.39 is 0 Å². The highest BCUT2D eigenvalue weighted by molar-refractivity contribution is 5.89. The van der Waals surface area contributed by atoms with Crippen molar-refractivity contribution in [3.63, 3.8) is 0 Å². The summed E-state index contributed by atoms with van der Waals surface area (Å²) in [5.74, 6) is 0.659. The molecule has 1 aromatic carbocycles. The molecule has 3 rings (SSSR count). The van der Waals surface area contributed by atoms with Crippen LogP contribution in [0.25, 0.3) is 0 Å². The molecule has 1 atom stereocenters. The highest BCUT2D eigenvalue weighted by Gasteiger charge is 2.24. The Morgan fingerprint density at radius 3 is 2.95 bits per heavy atom. The average Bonchev–Trinajstić information content (AvgIpc) is 3.17. The molecule has 1 saturated heterocycles. The molecule has 2 aromatic rings. The van der Waals surface area contributed by atoms with Gasteiger partial charge in [0.25, 0.3) is 5.91 Å². The van der Waals surface area contributed by atoms with Crippen molar-refractivity contribution >= 4 is 11.9 Å². The van der Waals surface area contributed by atoms with Gasteiger partial charge in [-0.1, -0.05) is 23.3 Å². The van der Waals surface area contributed by atoms with Crippen molar-refractivity contribution in [2.24, 2.45) is 0 Å². The molecular weight excluding hydrogens is 274 g/mol. The van der Waals surface area contributed by atoms with E-state index in [4.69, 9.17) is 13.9 Å². The molecule has 0 radical (unpaired) electrons. The molecule has 110 valence electrons. The van der Waals surface area contributed by atoms with E-state index in [2.05, 4.69) is 15.5 Å². The first-order valence-corrected chi connectivity index (χ1v) is 6.74. The zero-order chi connectivity index (χ0) is 14.5. The lowest BCUT2D eigenvalue weighted by molar-refractivity contribution is -0.118. The molecule has 1 aromatic heterocycles. The second-order valence-corrected chi connectivity index (χ2v) is 4.60. The largest absolute Gasteiger partial charge is 0.484 e. The molecule has 1 amide bonds. The molecule has 0 bridgehead atoms. The predicted molar refractivity (Wildman–Crippen MR) is 72.8 cm³/mol. The third kappa shape index (κ3) is 3.57. The van der Waals surface area contributed by atoms with Gasteiger partial charge in [0.15, 0.2) is 6.61 Å². The zero-order valence-corrected chi connectivity index (χ0v) is 11.3. The first-order valence-electron chi connectivity index (χ1n) is 6.74. The molecule has 0 spiro atoms. The summed E-state index contributed by atoms with van der Waals surface area (Å²) in [5, 5.41) is 10.1. The van der Waals surface area contributed by atoms with Gasteiger partial charge in [-0.2, -0.15) is 0 Å². The van der Waals surface area contributed by atoms with Gasteiger partial charge in [-0.25, -0.2) is 0 Å². The fourth-order valence-corrected chi connectivity index (χ4v) is 2.01. The zero-order valence-electron chi connectivity index (χ0n) is 11.3. The van der Waals surface area contributed by atoms with Gasteiger partial charge >= 0.3 is 6.01 Å². The molecule has 1 aliphatic rings. The van der Waals surface area contributed by atoms with Crippen molar-refractivity contribution < 1.29 is 18.7 Å². The van der Waals surface area contributed by atoms with Gasteiger partial charge in [-0.3, -0.25) is 10.1 Å². The Balaban J connectivity index is 1.50. The number of aromatic nitrogens is 2. The molecule has 2 heterocycles. The number of amides is 1. The number of nitrogens with zero attached hydrogens (tertiary/aromatic N) is 2. The van der Waals surface area contributed by atoms with Crippen molar-refractivity contribution in [3.8, 4) is 5.75 Å². The highest BCUT2D eigenvalue weighted by Crippen LogP contribution is 2.27. The Morgan fingerprint density at radius 1 is 1.33 bits per heavy atom. The summed E-state index contributed by atoms with van der Waals surface area (Å²) in [6, 6.07) is 9.14. The number of carbonyl (C=O) groups is 1. The van der Waals surface area contributed by atoms with Gasteiger partial charge in [0.2, 0.25) is 5.89 Å². The predicted octanol–water partition coefficient (Wildman–Crippen LogP) is 1.94. The number of carbonyl (C=O) groups excluding carboxylic acids is 1. The van der Waals surface area contributed by atoms with Crippen LogP contribution < -0.4 is 10.1 Å². The number of para-hydroxylation sites is 1. The monoisotopic (exact) mass is 289 g/mol.